The molecule has 2 heterocycles. The van der Waals surface area contributed by atoms with E-state index in [-0.39, 0.29) is 0 Å². The van der Waals surface area contributed by atoms with Crippen LogP contribution in [-0.2, 0) is 26.1 Å². The van der Waals surface area contributed by atoms with Crippen molar-refractivity contribution in [3.8, 4) is 11.1 Å². The monoisotopic (exact) mass is 443 g/mol. The zero-order valence-corrected chi connectivity index (χ0v) is 19.0. The van der Waals surface area contributed by atoms with Gasteiger partial charge in [-0.1, -0.05) is 55.5 Å². The average Bonchev–Trinajstić information content (AvgIpc) is 3.54. The third-order valence-corrected chi connectivity index (χ3v) is 5.42. The number of rotatable bonds is 9. The van der Waals surface area contributed by atoms with E-state index in [4.69, 9.17) is 0 Å². The fourth-order valence-corrected chi connectivity index (χ4v) is 3.68. The third kappa shape index (κ3) is 5.82. The quantitative estimate of drug-likeness (QED) is 0.305. The van der Waals surface area contributed by atoms with E-state index >= 15 is 0 Å². The van der Waals surface area contributed by atoms with E-state index < -0.39 is 0 Å². The van der Waals surface area contributed by atoms with E-state index in [9.17, 15) is 0 Å². The van der Waals surface area contributed by atoms with Crippen molar-refractivity contribution < 1.29 is 0 Å². The molecule has 4 rings (SSSR count). The van der Waals surface area contributed by atoms with Gasteiger partial charge in [-0.05, 0) is 22.3 Å². The second-order valence-electron chi connectivity index (χ2n) is 7.59. The van der Waals surface area contributed by atoms with Gasteiger partial charge in [0.15, 0.2) is 5.96 Å². The highest BCUT2D eigenvalue weighted by atomic mass is 15.3. The Morgan fingerprint density at radius 1 is 1.03 bits per heavy atom. The molecule has 0 atom stereocenters. The van der Waals surface area contributed by atoms with Gasteiger partial charge in [-0.15, -0.1) is 10.2 Å². The Balaban J connectivity index is 1.35. The lowest BCUT2D eigenvalue weighted by atomic mass is 9.98. The molecule has 0 saturated heterocycles. The van der Waals surface area contributed by atoms with Gasteiger partial charge in [0.25, 0.3) is 0 Å². The van der Waals surface area contributed by atoms with Crippen molar-refractivity contribution in [2.45, 2.75) is 33.0 Å². The molecule has 0 aliphatic carbocycles. The molecule has 0 unspecified atom stereocenters. The number of aliphatic imine (C=N–C) groups is 1. The number of nitrogens with one attached hydrogen (secondary N) is 2. The summed E-state index contributed by atoms with van der Waals surface area (Å²) < 4.78 is 3.87. The van der Waals surface area contributed by atoms with Crippen molar-refractivity contribution >= 4 is 5.96 Å². The molecule has 33 heavy (non-hydrogen) atoms. The molecule has 2 aromatic carbocycles. The molecular weight excluding hydrogens is 414 g/mol. The Morgan fingerprint density at radius 2 is 1.88 bits per heavy atom. The Morgan fingerprint density at radius 3 is 2.64 bits per heavy atom. The summed E-state index contributed by atoms with van der Waals surface area (Å²) in [7, 11) is 1.78. The maximum Gasteiger partial charge on any atom is 0.191 e. The summed E-state index contributed by atoms with van der Waals surface area (Å²) in [6.45, 7) is 4.98. The number of nitrogens with zero attached hydrogens (tertiary/aromatic N) is 7. The van der Waals surface area contributed by atoms with E-state index in [0.717, 1.165) is 31.3 Å². The fraction of sp³-hybridized carbons (Fsp3) is 0.292. The Labute approximate surface area is 193 Å². The van der Waals surface area contributed by atoms with Crippen LogP contribution in [0.1, 0.15) is 23.9 Å². The van der Waals surface area contributed by atoms with Crippen molar-refractivity contribution in [3.05, 3.63) is 84.5 Å². The van der Waals surface area contributed by atoms with Gasteiger partial charge < -0.3 is 15.2 Å². The number of hydrogen-bond acceptors (Lipinski definition) is 5. The lowest BCUT2D eigenvalue weighted by Crippen LogP contribution is -2.38. The molecule has 9 nitrogen and oxygen atoms in total. The van der Waals surface area contributed by atoms with Crippen LogP contribution < -0.4 is 10.6 Å². The second-order valence-corrected chi connectivity index (χ2v) is 7.59. The summed E-state index contributed by atoms with van der Waals surface area (Å²) in [5, 5.41) is 19.1. The molecular formula is C24H29N9. The van der Waals surface area contributed by atoms with Gasteiger partial charge in [0.1, 0.15) is 24.8 Å². The van der Waals surface area contributed by atoms with Gasteiger partial charge >= 0.3 is 0 Å². The highest BCUT2D eigenvalue weighted by Crippen LogP contribution is 2.24. The van der Waals surface area contributed by atoms with Crippen LogP contribution in [0.4, 0.5) is 0 Å². The molecule has 2 aromatic heterocycles. The lowest BCUT2D eigenvalue weighted by Gasteiger charge is -2.15. The first-order chi connectivity index (χ1) is 16.3. The molecule has 2 N–H and O–H groups in total. The maximum absolute atomic E-state index is 4.35. The number of aromatic nitrogens is 6. The summed E-state index contributed by atoms with van der Waals surface area (Å²) in [6, 6.07) is 17.0. The van der Waals surface area contributed by atoms with Crippen LogP contribution in [0.2, 0.25) is 0 Å². The van der Waals surface area contributed by atoms with Crippen molar-refractivity contribution in [3.63, 3.8) is 0 Å². The van der Waals surface area contributed by atoms with Gasteiger partial charge in [0, 0.05) is 33.1 Å². The zero-order chi connectivity index (χ0) is 22.9. The molecule has 0 bridgehead atoms. The number of guanidine groups is 1. The SMILES string of the molecule is CCc1nncn1CCNC(=NC)NCc1ccccc1-c1ccc(Cn2cncn2)cc1. The lowest BCUT2D eigenvalue weighted by molar-refractivity contribution is 0.632. The maximum atomic E-state index is 4.35. The Kier molecular flexibility index (Phi) is 7.42. The number of aryl methyl sites for hydroxylation is 1. The van der Waals surface area contributed by atoms with E-state index in [1.807, 2.05) is 4.68 Å². The van der Waals surface area contributed by atoms with Crippen LogP contribution in [-0.4, -0.2) is 49.1 Å². The van der Waals surface area contributed by atoms with Crippen LogP contribution in [0.15, 0.2) is 72.5 Å². The standard InChI is InChI=1S/C24H29N9/c1-3-23-31-29-18-32(23)13-12-27-24(25-2)28-14-21-6-4-5-7-22(21)20-10-8-19(9-11-20)15-33-17-26-16-30-33/h4-11,16-18H,3,12-15H2,1-2H3,(H2,25,27,28). The number of hydrogen-bond donors (Lipinski definition) is 2. The molecule has 0 radical (unpaired) electrons. The third-order valence-electron chi connectivity index (χ3n) is 5.42. The second kappa shape index (κ2) is 11.0. The minimum atomic E-state index is 0.670. The fourth-order valence-electron chi connectivity index (χ4n) is 3.68. The Bertz CT molecular complexity index is 1160. The van der Waals surface area contributed by atoms with E-state index in [2.05, 4.69) is 95.9 Å². The van der Waals surface area contributed by atoms with E-state index in [0.29, 0.717) is 13.1 Å². The van der Waals surface area contributed by atoms with Gasteiger partial charge in [-0.2, -0.15) is 5.10 Å². The minimum Gasteiger partial charge on any atom is -0.355 e. The first-order valence-corrected chi connectivity index (χ1v) is 11.1. The molecule has 170 valence electrons. The zero-order valence-electron chi connectivity index (χ0n) is 19.0. The van der Waals surface area contributed by atoms with Crippen LogP contribution in [0.25, 0.3) is 11.1 Å². The van der Waals surface area contributed by atoms with Gasteiger partial charge in [-0.25, -0.2) is 9.67 Å². The summed E-state index contributed by atoms with van der Waals surface area (Å²) in [5.41, 5.74) is 4.77. The normalized spacial score (nSPS) is 11.5. The summed E-state index contributed by atoms with van der Waals surface area (Å²) >= 11 is 0. The molecule has 0 fully saturated rings. The highest BCUT2D eigenvalue weighted by Gasteiger charge is 2.07. The molecule has 0 aliphatic rings. The van der Waals surface area contributed by atoms with Crippen molar-refractivity contribution in [1.29, 1.82) is 0 Å². The van der Waals surface area contributed by atoms with Crippen molar-refractivity contribution in [2.75, 3.05) is 13.6 Å². The predicted octanol–water partition coefficient (Wildman–Crippen LogP) is 2.51. The molecule has 0 amide bonds. The van der Waals surface area contributed by atoms with Crippen molar-refractivity contribution in [2.24, 2.45) is 4.99 Å². The average molecular weight is 444 g/mol. The van der Waals surface area contributed by atoms with Gasteiger partial charge in [-0.3, -0.25) is 4.99 Å². The molecule has 4 aromatic rings. The smallest absolute Gasteiger partial charge is 0.191 e. The van der Waals surface area contributed by atoms with Gasteiger partial charge in [0.2, 0.25) is 0 Å². The van der Waals surface area contributed by atoms with Crippen molar-refractivity contribution in [1.82, 2.24) is 40.2 Å². The molecule has 0 aliphatic heterocycles. The first kappa shape index (κ1) is 22.2. The van der Waals surface area contributed by atoms with Crippen LogP contribution in [0.5, 0.6) is 0 Å². The molecule has 9 heteroatoms. The molecule has 0 spiro atoms. The summed E-state index contributed by atoms with van der Waals surface area (Å²) in [4.78, 5) is 8.35. The first-order valence-electron chi connectivity index (χ1n) is 11.1. The summed E-state index contributed by atoms with van der Waals surface area (Å²) in [6.07, 6.45) is 5.91. The topological polar surface area (TPSA) is 97.8 Å². The largest absolute Gasteiger partial charge is 0.355 e. The van der Waals surface area contributed by atoms with Crippen LogP contribution >= 0.6 is 0 Å². The summed E-state index contributed by atoms with van der Waals surface area (Å²) in [5.74, 6) is 1.75. The predicted molar refractivity (Wildman–Crippen MR) is 129 cm³/mol. The molecule has 0 saturated carbocycles. The van der Waals surface area contributed by atoms with Gasteiger partial charge in [0.05, 0.1) is 6.54 Å². The minimum absolute atomic E-state index is 0.670. The van der Waals surface area contributed by atoms with Crippen LogP contribution in [0.3, 0.4) is 0 Å². The number of benzene rings is 2. The van der Waals surface area contributed by atoms with E-state index in [1.54, 1.807) is 26.0 Å². The van der Waals surface area contributed by atoms with E-state index in [1.165, 1.54) is 22.3 Å². The van der Waals surface area contributed by atoms with Crippen LogP contribution in [0, 0.1) is 0 Å². The Hall–Kier alpha value is -4.01. The highest BCUT2D eigenvalue weighted by molar-refractivity contribution is 5.80.